The average Bonchev–Trinajstić information content (AvgIpc) is 2.57. The largest absolute Gasteiger partial charge is 0.481 e. The van der Waals surface area contributed by atoms with Crippen LogP contribution in [-0.4, -0.2) is 58.5 Å². The first-order valence-electron chi connectivity index (χ1n) is 8.52. The van der Waals surface area contributed by atoms with E-state index in [1.807, 2.05) is 0 Å². The van der Waals surface area contributed by atoms with Crippen LogP contribution in [0.4, 0.5) is 0 Å². The molecule has 0 aliphatic heterocycles. The number of carboxylic acid groups (broad SMARTS) is 3. The van der Waals surface area contributed by atoms with Crippen molar-refractivity contribution in [3.05, 3.63) is 0 Å². The Labute approximate surface area is 152 Å². The predicted octanol–water partition coefficient (Wildman–Crippen LogP) is 1.93. The number of carbonyl (C=O) groups is 4. The van der Waals surface area contributed by atoms with Crippen molar-refractivity contribution in [3.63, 3.8) is 0 Å². The van der Waals surface area contributed by atoms with Crippen LogP contribution < -0.4 is 0 Å². The van der Waals surface area contributed by atoms with Gasteiger partial charge >= 0.3 is 23.9 Å². The van der Waals surface area contributed by atoms with Crippen molar-refractivity contribution >= 4 is 23.9 Å². The highest BCUT2D eigenvalue weighted by molar-refractivity contribution is 5.92. The quantitative estimate of drug-likeness (QED) is 0.387. The summed E-state index contributed by atoms with van der Waals surface area (Å²) in [7, 11) is 1.06. The molecule has 0 heterocycles. The van der Waals surface area contributed by atoms with Gasteiger partial charge in [0.15, 0.2) is 5.60 Å². The van der Waals surface area contributed by atoms with Crippen molar-refractivity contribution in [2.75, 3.05) is 13.7 Å². The van der Waals surface area contributed by atoms with E-state index < -0.39 is 47.9 Å². The summed E-state index contributed by atoms with van der Waals surface area (Å²) in [6, 6.07) is 0. The number of hydrogen-bond acceptors (Lipinski definition) is 6. The molecule has 0 aliphatic rings. The summed E-state index contributed by atoms with van der Waals surface area (Å²) in [5.74, 6) is -5.63. The van der Waals surface area contributed by atoms with Gasteiger partial charge < -0.3 is 24.8 Å². The Morgan fingerprint density at radius 2 is 1.38 bits per heavy atom. The van der Waals surface area contributed by atoms with E-state index in [9.17, 15) is 34.5 Å². The highest BCUT2D eigenvalue weighted by Gasteiger charge is 2.63. The number of aliphatic carboxylic acids is 3. The summed E-state index contributed by atoms with van der Waals surface area (Å²) in [5.41, 5.74) is -4.58. The van der Waals surface area contributed by atoms with E-state index in [1.165, 1.54) is 0 Å². The molecular weight excluding hydrogens is 348 g/mol. The zero-order chi connectivity index (χ0) is 20.4. The lowest BCUT2D eigenvalue weighted by atomic mass is 9.64. The van der Waals surface area contributed by atoms with Crippen molar-refractivity contribution in [1.29, 1.82) is 0 Å². The van der Waals surface area contributed by atoms with Crippen molar-refractivity contribution in [1.82, 2.24) is 0 Å². The first-order chi connectivity index (χ1) is 12.1. The Bertz CT molecular complexity index is 506. The van der Waals surface area contributed by atoms with Crippen LogP contribution in [0.5, 0.6) is 0 Å². The Balaban J connectivity index is 6.40. The normalized spacial score (nSPS) is 13.7. The minimum absolute atomic E-state index is 0.0837. The Kier molecular flexibility index (Phi) is 9.85. The van der Waals surface area contributed by atoms with E-state index in [0.717, 1.165) is 7.11 Å². The smallest absolute Gasteiger partial charge is 0.337 e. The first kappa shape index (κ1) is 23.8. The molecule has 3 N–H and O–H groups in total. The molecule has 0 rings (SSSR count). The second-order valence-corrected chi connectivity index (χ2v) is 6.16. The number of methoxy groups -OCH3 is 1. The highest BCUT2D eigenvalue weighted by Crippen LogP contribution is 2.47. The lowest BCUT2D eigenvalue weighted by Gasteiger charge is -2.44. The number of rotatable bonds is 14. The molecule has 26 heavy (non-hydrogen) atoms. The molecule has 0 radical (unpaired) electrons. The van der Waals surface area contributed by atoms with Crippen LogP contribution in [0, 0.1) is 5.41 Å². The van der Waals surface area contributed by atoms with Crippen LogP contribution in [-0.2, 0) is 28.7 Å². The standard InChI is InChI=1S/C17H28O9/c1-4-6-8-16(14(21)22,9-7-5-2)17(15(23)24,10-12(18)19)26-11-13(20)25-3/h4-11H2,1-3H3,(H,18,19)(H,21,22)(H,23,24). The summed E-state index contributed by atoms with van der Waals surface area (Å²) in [6.07, 6.45) is 0.651. The van der Waals surface area contributed by atoms with E-state index in [1.54, 1.807) is 13.8 Å². The molecule has 0 aromatic rings. The Morgan fingerprint density at radius 3 is 1.69 bits per heavy atom. The second-order valence-electron chi connectivity index (χ2n) is 6.16. The van der Waals surface area contributed by atoms with Gasteiger partial charge in [0.1, 0.15) is 12.0 Å². The number of ether oxygens (including phenoxy) is 2. The minimum atomic E-state index is -2.59. The molecule has 0 spiro atoms. The van der Waals surface area contributed by atoms with Crippen LogP contribution in [0.25, 0.3) is 0 Å². The van der Waals surface area contributed by atoms with E-state index in [-0.39, 0.29) is 12.8 Å². The van der Waals surface area contributed by atoms with Gasteiger partial charge in [0, 0.05) is 0 Å². The third kappa shape index (κ3) is 5.42. The van der Waals surface area contributed by atoms with Crippen LogP contribution in [0.2, 0.25) is 0 Å². The fraction of sp³-hybridized carbons (Fsp3) is 0.765. The summed E-state index contributed by atoms with van der Waals surface area (Å²) in [5, 5.41) is 29.0. The Hall–Kier alpha value is -2.16. The number of esters is 1. The van der Waals surface area contributed by atoms with E-state index >= 15 is 0 Å². The van der Waals surface area contributed by atoms with Crippen LogP contribution in [0.3, 0.4) is 0 Å². The van der Waals surface area contributed by atoms with Gasteiger partial charge in [0.05, 0.1) is 13.5 Å². The number of hydrogen-bond donors (Lipinski definition) is 3. The molecule has 0 saturated heterocycles. The molecule has 0 amide bonds. The van der Waals surface area contributed by atoms with Gasteiger partial charge in [-0.25, -0.2) is 9.59 Å². The lowest BCUT2D eigenvalue weighted by molar-refractivity contribution is -0.210. The fourth-order valence-corrected chi connectivity index (χ4v) is 3.03. The summed E-state index contributed by atoms with van der Waals surface area (Å²) >= 11 is 0. The number of carbonyl (C=O) groups excluding carboxylic acids is 1. The third-order valence-corrected chi connectivity index (χ3v) is 4.51. The molecule has 1 unspecified atom stereocenters. The van der Waals surface area contributed by atoms with Gasteiger partial charge in [-0.2, -0.15) is 0 Å². The van der Waals surface area contributed by atoms with E-state index in [0.29, 0.717) is 25.7 Å². The summed E-state index contributed by atoms with van der Waals surface area (Å²) in [6.45, 7) is 2.76. The van der Waals surface area contributed by atoms with Crippen molar-refractivity contribution in [2.45, 2.75) is 64.4 Å². The summed E-state index contributed by atoms with van der Waals surface area (Å²) in [4.78, 5) is 47.2. The first-order valence-corrected chi connectivity index (χ1v) is 8.52. The van der Waals surface area contributed by atoms with Crippen molar-refractivity contribution in [2.24, 2.45) is 5.41 Å². The van der Waals surface area contributed by atoms with Crippen LogP contribution >= 0.6 is 0 Å². The zero-order valence-electron chi connectivity index (χ0n) is 15.4. The molecule has 0 fully saturated rings. The van der Waals surface area contributed by atoms with Crippen LogP contribution in [0.1, 0.15) is 58.8 Å². The van der Waals surface area contributed by atoms with Gasteiger partial charge in [-0.1, -0.05) is 39.5 Å². The van der Waals surface area contributed by atoms with Gasteiger partial charge in [-0.05, 0) is 12.8 Å². The molecular formula is C17H28O9. The van der Waals surface area contributed by atoms with Crippen molar-refractivity contribution < 1.29 is 44.0 Å². The zero-order valence-corrected chi connectivity index (χ0v) is 15.4. The molecule has 9 heteroatoms. The molecule has 0 aromatic heterocycles. The molecule has 0 saturated carbocycles. The van der Waals surface area contributed by atoms with E-state index in [4.69, 9.17) is 4.74 Å². The second kappa shape index (κ2) is 10.7. The van der Waals surface area contributed by atoms with Crippen molar-refractivity contribution in [3.8, 4) is 0 Å². The SMILES string of the molecule is CCCCC(CCCC)(C(=O)O)C(CC(=O)O)(OCC(=O)OC)C(=O)O. The molecule has 9 nitrogen and oxygen atoms in total. The maximum Gasteiger partial charge on any atom is 0.337 e. The number of unbranched alkanes of at least 4 members (excludes halogenated alkanes) is 2. The average molecular weight is 376 g/mol. The minimum Gasteiger partial charge on any atom is -0.481 e. The van der Waals surface area contributed by atoms with Gasteiger partial charge in [-0.3, -0.25) is 9.59 Å². The van der Waals surface area contributed by atoms with Gasteiger partial charge in [0.2, 0.25) is 0 Å². The van der Waals surface area contributed by atoms with E-state index in [2.05, 4.69) is 4.74 Å². The predicted molar refractivity (Wildman–Crippen MR) is 89.7 cm³/mol. The highest BCUT2D eigenvalue weighted by atomic mass is 16.6. The Morgan fingerprint density at radius 1 is 0.885 bits per heavy atom. The van der Waals surface area contributed by atoms with Crippen LogP contribution in [0.15, 0.2) is 0 Å². The maximum absolute atomic E-state index is 12.2. The lowest BCUT2D eigenvalue weighted by Crippen LogP contribution is -2.61. The molecule has 0 bridgehead atoms. The third-order valence-electron chi connectivity index (χ3n) is 4.51. The molecule has 0 aromatic carbocycles. The molecule has 0 aliphatic carbocycles. The molecule has 150 valence electrons. The van der Waals surface area contributed by atoms with Gasteiger partial charge in [0.25, 0.3) is 0 Å². The summed E-state index contributed by atoms with van der Waals surface area (Å²) < 4.78 is 9.65. The fourth-order valence-electron chi connectivity index (χ4n) is 3.03. The molecule has 1 atom stereocenters. The van der Waals surface area contributed by atoms with Gasteiger partial charge in [-0.15, -0.1) is 0 Å². The maximum atomic E-state index is 12.2. The monoisotopic (exact) mass is 376 g/mol. The topological polar surface area (TPSA) is 147 Å². The number of carboxylic acids is 3.